The highest BCUT2D eigenvalue weighted by atomic mass is 16.4. The van der Waals surface area contributed by atoms with Crippen molar-refractivity contribution in [3.63, 3.8) is 0 Å². The van der Waals surface area contributed by atoms with Crippen LogP contribution in [0, 0.1) is 11.3 Å². The van der Waals surface area contributed by atoms with Crippen molar-refractivity contribution in [1.29, 1.82) is 0 Å². The number of ketones is 1. The van der Waals surface area contributed by atoms with Crippen molar-refractivity contribution in [2.24, 2.45) is 11.3 Å². The van der Waals surface area contributed by atoms with Crippen LogP contribution in [-0.2, 0) is 9.59 Å². The van der Waals surface area contributed by atoms with E-state index < -0.39 is 5.97 Å². The lowest BCUT2D eigenvalue weighted by Gasteiger charge is -2.04. The predicted molar refractivity (Wildman–Crippen MR) is 73.8 cm³/mol. The normalized spacial score (nSPS) is 26.7. The van der Waals surface area contributed by atoms with Crippen LogP contribution in [0.3, 0.4) is 0 Å². The Morgan fingerprint density at radius 2 is 2.11 bits per heavy atom. The molecule has 3 rings (SSSR count). The molecule has 3 nitrogen and oxygen atoms in total. The monoisotopic (exact) mass is 262 g/mol. The maximum absolute atomic E-state index is 10.6. The van der Waals surface area contributed by atoms with E-state index >= 15 is 0 Å². The van der Waals surface area contributed by atoms with Crippen LogP contribution in [0.5, 0.6) is 0 Å². The summed E-state index contributed by atoms with van der Waals surface area (Å²) in [4.78, 5) is 20.8. The van der Waals surface area contributed by atoms with Gasteiger partial charge < -0.3 is 5.11 Å². The molecule has 2 saturated carbocycles. The van der Waals surface area contributed by atoms with Crippen molar-refractivity contribution >= 4 is 11.8 Å². The molecule has 104 valence electrons. The second-order valence-electron chi connectivity index (χ2n) is 5.86. The standard InChI is InChI=1S/C9H16.C7H6O3/c1-2-8-7-9(8)5-3-4-6-9;8-6-3-1-2-5(4-6)7(9)10/h8H,2-7H2,1H3;1-2,4H,3H2,(H,9,10). The molecule has 1 atom stereocenters. The molecule has 0 radical (unpaired) electrons. The van der Waals surface area contributed by atoms with Crippen LogP contribution in [0.25, 0.3) is 0 Å². The molecule has 3 heteroatoms. The average Bonchev–Trinajstić information content (AvgIpc) is 2.86. The molecular formula is C16H22O3. The molecule has 3 aliphatic carbocycles. The first-order chi connectivity index (χ1) is 9.07. The summed E-state index contributed by atoms with van der Waals surface area (Å²) < 4.78 is 0. The molecule has 3 aliphatic rings. The van der Waals surface area contributed by atoms with Crippen LogP contribution in [0.2, 0.25) is 0 Å². The van der Waals surface area contributed by atoms with Crippen LogP contribution in [0.15, 0.2) is 23.8 Å². The van der Waals surface area contributed by atoms with Gasteiger partial charge in [0.15, 0.2) is 5.78 Å². The minimum Gasteiger partial charge on any atom is -0.478 e. The van der Waals surface area contributed by atoms with Gasteiger partial charge in [-0.15, -0.1) is 0 Å². The van der Waals surface area contributed by atoms with E-state index in [0.717, 1.165) is 17.4 Å². The molecular weight excluding hydrogens is 240 g/mol. The number of allylic oxidation sites excluding steroid dienone is 2. The fourth-order valence-electron chi connectivity index (χ4n) is 3.42. The molecule has 0 saturated heterocycles. The van der Waals surface area contributed by atoms with Crippen molar-refractivity contribution in [2.45, 2.75) is 51.9 Å². The summed E-state index contributed by atoms with van der Waals surface area (Å²) in [7, 11) is 0. The molecule has 0 aliphatic heterocycles. The number of hydrogen-bond donors (Lipinski definition) is 1. The zero-order valence-electron chi connectivity index (χ0n) is 11.5. The van der Waals surface area contributed by atoms with Gasteiger partial charge in [-0.25, -0.2) is 4.79 Å². The highest BCUT2D eigenvalue weighted by molar-refractivity contribution is 6.02. The first kappa shape index (κ1) is 14.0. The lowest BCUT2D eigenvalue weighted by molar-refractivity contribution is -0.132. The van der Waals surface area contributed by atoms with Crippen molar-refractivity contribution in [3.05, 3.63) is 23.8 Å². The molecule has 1 unspecified atom stereocenters. The van der Waals surface area contributed by atoms with Crippen LogP contribution < -0.4 is 0 Å². The van der Waals surface area contributed by atoms with E-state index in [1.54, 1.807) is 25.3 Å². The third-order valence-corrected chi connectivity index (χ3v) is 4.63. The Morgan fingerprint density at radius 3 is 2.53 bits per heavy atom. The predicted octanol–water partition coefficient (Wildman–Crippen LogP) is 3.50. The summed E-state index contributed by atoms with van der Waals surface area (Å²) in [5, 5.41) is 8.38. The second kappa shape index (κ2) is 5.72. The molecule has 1 N–H and O–H groups in total. The molecule has 1 spiro atoms. The summed E-state index contributed by atoms with van der Waals surface area (Å²) in [5.74, 6) is -0.0656. The number of aliphatic carboxylic acids is 1. The highest BCUT2D eigenvalue weighted by Crippen LogP contribution is 2.63. The number of carboxylic acid groups (broad SMARTS) is 1. The second-order valence-corrected chi connectivity index (χ2v) is 5.86. The van der Waals surface area contributed by atoms with Gasteiger partial charge in [0, 0.05) is 6.42 Å². The molecule has 0 bridgehead atoms. The number of carbonyl (C=O) groups excluding carboxylic acids is 1. The molecule has 2 fully saturated rings. The highest BCUT2D eigenvalue weighted by Gasteiger charge is 2.53. The third-order valence-electron chi connectivity index (χ3n) is 4.63. The fraction of sp³-hybridized carbons (Fsp3) is 0.625. The van der Waals surface area contributed by atoms with E-state index in [1.165, 1.54) is 25.3 Å². The van der Waals surface area contributed by atoms with Crippen LogP contribution in [-0.4, -0.2) is 16.9 Å². The Balaban J connectivity index is 0.000000141. The molecule has 0 aromatic rings. The average molecular weight is 262 g/mol. The Hall–Kier alpha value is -1.38. The van der Waals surface area contributed by atoms with Gasteiger partial charge >= 0.3 is 5.97 Å². The van der Waals surface area contributed by atoms with Crippen molar-refractivity contribution in [3.8, 4) is 0 Å². The summed E-state index contributed by atoms with van der Waals surface area (Å²) in [5.41, 5.74) is 0.977. The number of carbonyl (C=O) groups is 2. The molecule has 19 heavy (non-hydrogen) atoms. The van der Waals surface area contributed by atoms with Crippen LogP contribution >= 0.6 is 0 Å². The van der Waals surface area contributed by atoms with Gasteiger partial charge in [-0.2, -0.15) is 0 Å². The number of hydrogen-bond acceptors (Lipinski definition) is 2. The molecule has 0 amide bonds. The van der Waals surface area contributed by atoms with Crippen molar-refractivity contribution in [2.75, 3.05) is 0 Å². The largest absolute Gasteiger partial charge is 0.478 e. The van der Waals surface area contributed by atoms with Crippen molar-refractivity contribution in [1.82, 2.24) is 0 Å². The molecule has 0 heterocycles. The quantitative estimate of drug-likeness (QED) is 0.828. The smallest absolute Gasteiger partial charge is 0.335 e. The van der Waals surface area contributed by atoms with E-state index in [9.17, 15) is 9.59 Å². The van der Waals surface area contributed by atoms with Crippen molar-refractivity contribution < 1.29 is 14.7 Å². The van der Waals surface area contributed by atoms with E-state index in [2.05, 4.69) is 6.92 Å². The van der Waals surface area contributed by atoms with E-state index in [1.807, 2.05) is 0 Å². The minimum absolute atomic E-state index is 0.0660. The first-order valence-electron chi connectivity index (χ1n) is 7.22. The van der Waals surface area contributed by atoms with E-state index in [-0.39, 0.29) is 11.4 Å². The SMILES string of the molecule is CCC1CC12CCCC2.O=C1C=C(C(=O)O)C=CC1. The fourth-order valence-corrected chi connectivity index (χ4v) is 3.42. The Kier molecular flexibility index (Phi) is 4.23. The summed E-state index contributed by atoms with van der Waals surface area (Å²) >= 11 is 0. The van der Waals surface area contributed by atoms with Gasteiger partial charge in [0.25, 0.3) is 0 Å². The number of rotatable bonds is 2. The summed E-state index contributed by atoms with van der Waals surface area (Å²) in [6.07, 6.45) is 13.6. The van der Waals surface area contributed by atoms with Crippen LogP contribution in [0.1, 0.15) is 51.9 Å². The Labute approximate surface area is 114 Å². The van der Waals surface area contributed by atoms with Gasteiger partial charge in [-0.3, -0.25) is 4.79 Å². The lowest BCUT2D eigenvalue weighted by Crippen LogP contribution is -2.05. The lowest BCUT2D eigenvalue weighted by atomic mass is 10.0. The van der Waals surface area contributed by atoms with Gasteiger partial charge in [0.1, 0.15) is 0 Å². The number of carboxylic acids is 1. The Bertz CT molecular complexity index is 423. The maximum Gasteiger partial charge on any atom is 0.335 e. The Morgan fingerprint density at radius 1 is 1.42 bits per heavy atom. The topological polar surface area (TPSA) is 54.4 Å². The van der Waals surface area contributed by atoms with Gasteiger partial charge in [0.2, 0.25) is 0 Å². The molecule has 0 aromatic carbocycles. The van der Waals surface area contributed by atoms with E-state index in [0.29, 0.717) is 6.42 Å². The first-order valence-corrected chi connectivity index (χ1v) is 7.22. The summed E-state index contributed by atoms with van der Waals surface area (Å²) in [6, 6.07) is 0. The van der Waals surface area contributed by atoms with Gasteiger partial charge in [0.05, 0.1) is 5.57 Å². The van der Waals surface area contributed by atoms with Gasteiger partial charge in [-0.1, -0.05) is 38.3 Å². The maximum atomic E-state index is 10.6. The third kappa shape index (κ3) is 3.34. The molecule has 0 aromatic heterocycles. The minimum atomic E-state index is -1.05. The zero-order valence-corrected chi connectivity index (χ0v) is 11.5. The van der Waals surface area contributed by atoms with Crippen LogP contribution in [0.4, 0.5) is 0 Å². The zero-order chi connectivity index (χ0) is 13.9. The van der Waals surface area contributed by atoms with E-state index in [4.69, 9.17) is 5.11 Å². The summed E-state index contributed by atoms with van der Waals surface area (Å²) in [6.45, 7) is 2.34. The van der Waals surface area contributed by atoms with Gasteiger partial charge in [-0.05, 0) is 36.7 Å².